The number of aliphatic carboxylic acids is 1. The van der Waals surface area contributed by atoms with E-state index in [0.29, 0.717) is 35.6 Å². The number of hydrogen-bond acceptors (Lipinski definition) is 6. The molecule has 0 aliphatic carbocycles. The van der Waals surface area contributed by atoms with Crippen LogP contribution in [-0.2, 0) is 14.8 Å². The lowest BCUT2D eigenvalue weighted by molar-refractivity contribution is -0.140. The molecule has 1 saturated heterocycles. The highest BCUT2D eigenvalue weighted by molar-refractivity contribution is 14.1. The van der Waals surface area contributed by atoms with Crippen LogP contribution in [0.2, 0.25) is 10.0 Å². The zero-order valence-electron chi connectivity index (χ0n) is 22.5. The number of sulfonamides is 1. The number of hydrogen-bond donors (Lipinski definition) is 2. The van der Waals surface area contributed by atoms with Gasteiger partial charge >= 0.3 is 12.0 Å². The molecule has 1 aliphatic rings. The van der Waals surface area contributed by atoms with Crippen LogP contribution in [0.1, 0.15) is 20.8 Å². The van der Waals surface area contributed by atoms with Crippen LogP contribution >= 0.6 is 45.8 Å². The second-order valence-corrected chi connectivity index (χ2v) is 14.5. The minimum absolute atomic E-state index is 0.100. The molecule has 11 nitrogen and oxygen atoms in total. The van der Waals surface area contributed by atoms with Gasteiger partial charge in [-0.15, -0.1) is 10.2 Å². The van der Waals surface area contributed by atoms with Crippen molar-refractivity contribution in [1.29, 1.82) is 0 Å². The van der Waals surface area contributed by atoms with Crippen LogP contribution in [0, 0.1) is 8.99 Å². The molecule has 5 rings (SSSR count). The zero-order chi connectivity index (χ0) is 30.6. The van der Waals surface area contributed by atoms with E-state index in [0.717, 1.165) is 7.88 Å². The Labute approximate surface area is 265 Å². The lowest BCUT2D eigenvalue weighted by Gasteiger charge is -2.37. The summed E-state index contributed by atoms with van der Waals surface area (Å²) in [7, 11) is -4.46. The van der Waals surface area contributed by atoms with E-state index < -0.39 is 27.4 Å². The van der Waals surface area contributed by atoms with Crippen molar-refractivity contribution in [1.82, 2.24) is 20.1 Å². The quantitative estimate of drug-likeness (QED) is 0.237. The van der Waals surface area contributed by atoms with E-state index in [2.05, 4.69) is 38.1 Å². The van der Waals surface area contributed by atoms with Gasteiger partial charge in [0.2, 0.25) is 0 Å². The maximum Gasteiger partial charge on any atom is 0.328 e. The molecule has 15 heteroatoms. The number of aromatic nitrogens is 3. The summed E-state index contributed by atoms with van der Waals surface area (Å²) < 4.78 is 31.7. The molecule has 2 N–H and O–H groups in total. The number of halogens is 3. The van der Waals surface area contributed by atoms with Gasteiger partial charge in [-0.2, -0.15) is 0 Å². The summed E-state index contributed by atoms with van der Waals surface area (Å²) in [5.74, 6) is -0.408. The molecule has 2 amide bonds. The molecule has 0 bridgehead atoms. The third kappa shape index (κ3) is 5.62. The standard InChI is InChI=1S/C27H25Cl2IN6O5S/c1-27(2,3)24(25(37)38)36(42(40,41)18-11-15(28)10-16(29)12-18)17-4-5-21-19(13-17)20(30)14-35(21)23-7-6-22(32-33-23)34-9-8-31-26(34)39/h4-7,10-14,24H,8-9H2,1-3H3,(H,31,39)(H,37,38). The van der Waals surface area contributed by atoms with E-state index in [9.17, 15) is 23.1 Å². The molecular formula is C27H25Cl2IN6O5S. The number of nitrogens with one attached hydrogen (secondary N) is 1. The topological polar surface area (TPSA) is 138 Å². The Morgan fingerprint density at radius 3 is 2.26 bits per heavy atom. The van der Waals surface area contributed by atoms with Gasteiger partial charge in [-0.25, -0.2) is 18.0 Å². The first-order valence-corrected chi connectivity index (χ1v) is 15.9. The molecule has 0 saturated carbocycles. The summed E-state index contributed by atoms with van der Waals surface area (Å²) in [6.45, 7) is 6.00. The van der Waals surface area contributed by atoms with Gasteiger partial charge in [0, 0.05) is 38.3 Å². The molecule has 1 aliphatic heterocycles. The summed E-state index contributed by atoms with van der Waals surface area (Å²) in [5, 5.41) is 22.4. The average Bonchev–Trinajstić information content (AvgIpc) is 3.48. The monoisotopic (exact) mass is 742 g/mol. The van der Waals surface area contributed by atoms with Gasteiger partial charge < -0.3 is 10.4 Å². The summed E-state index contributed by atoms with van der Waals surface area (Å²) in [5.41, 5.74) is -0.160. The highest BCUT2D eigenvalue weighted by atomic mass is 127. The molecule has 1 unspecified atom stereocenters. The largest absolute Gasteiger partial charge is 0.480 e. The molecule has 0 radical (unpaired) electrons. The number of rotatable bonds is 7. The van der Waals surface area contributed by atoms with Crippen molar-refractivity contribution in [3.63, 3.8) is 0 Å². The Morgan fingerprint density at radius 1 is 1.07 bits per heavy atom. The second kappa shape index (κ2) is 11.2. The fraction of sp³-hybridized carbons (Fsp3) is 0.259. The summed E-state index contributed by atoms with van der Waals surface area (Å²) in [6, 6.07) is 10.5. The molecule has 1 atom stereocenters. The van der Waals surface area contributed by atoms with Gasteiger partial charge in [-0.05, 0) is 76.5 Å². The fourth-order valence-corrected chi connectivity index (χ4v) is 8.05. The minimum Gasteiger partial charge on any atom is -0.480 e. The number of urea groups is 1. The fourth-order valence-electron chi connectivity index (χ4n) is 4.83. The Bertz CT molecular complexity index is 1800. The molecule has 42 heavy (non-hydrogen) atoms. The predicted octanol–water partition coefficient (Wildman–Crippen LogP) is 5.56. The van der Waals surface area contributed by atoms with Crippen LogP contribution in [0.5, 0.6) is 0 Å². The van der Waals surface area contributed by atoms with Crippen molar-refractivity contribution < 1.29 is 23.1 Å². The number of carboxylic acid groups (broad SMARTS) is 1. The van der Waals surface area contributed by atoms with Crippen molar-refractivity contribution in [2.24, 2.45) is 5.41 Å². The minimum atomic E-state index is -4.46. The van der Waals surface area contributed by atoms with Gasteiger partial charge in [-0.1, -0.05) is 44.0 Å². The Balaban J connectivity index is 1.63. The number of amides is 2. The Morgan fingerprint density at radius 2 is 1.71 bits per heavy atom. The lowest BCUT2D eigenvalue weighted by atomic mass is 9.86. The number of carbonyl (C=O) groups is 2. The first kappa shape index (κ1) is 30.3. The van der Waals surface area contributed by atoms with Crippen molar-refractivity contribution in [2.75, 3.05) is 22.3 Å². The highest BCUT2D eigenvalue weighted by Crippen LogP contribution is 2.38. The third-order valence-electron chi connectivity index (χ3n) is 6.69. The maximum atomic E-state index is 14.1. The third-order valence-corrected chi connectivity index (χ3v) is 9.76. The average molecular weight is 743 g/mol. The zero-order valence-corrected chi connectivity index (χ0v) is 27.0. The number of carboxylic acids is 1. The lowest BCUT2D eigenvalue weighted by Crippen LogP contribution is -2.52. The Kier molecular flexibility index (Phi) is 8.06. The second-order valence-electron chi connectivity index (χ2n) is 10.7. The van der Waals surface area contributed by atoms with E-state index in [1.165, 1.54) is 23.1 Å². The maximum absolute atomic E-state index is 14.1. The van der Waals surface area contributed by atoms with Crippen LogP contribution in [0.15, 0.2) is 59.6 Å². The van der Waals surface area contributed by atoms with Crippen LogP contribution in [-0.4, -0.2) is 59.4 Å². The molecule has 2 aromatic carbocycles. The molecular weight excluding hydrogens is 718 g/mol. The predicted molar refractivity (Wildman–Crippen MR) is 169 cm³/mol. The first-order chi connectivity index (χ1) is 19.7. The molecule has 1 fully saturated rings. The number of benzene rings is 2. The number of anilines is 2. The van der Waals surface area contributed by atoms with Gasteiger partial charge in [0.1, 0.15) is 6.04 Å². The van der Waals surface area contributed by atoms with Crippen molar-refractivity contribution in [2.45, 2.75) is 31.7 Å². The van der Waals surface area contributed by atoms with Gasteiger partial charge in [0.25, 0.3) is 10.0 Å². The van der Waals surface area contributed by atoms with Gasteiger partial charge in [0.15, 0.2) is 11.6 Å². The van der Waals surface area contributed by atoms with E-state index >= 15 is 0 Å². The van der Waals surface area contributed by atoms with Crippen molar-refractivity contribution in [3.05, 3.63) is 68.3 Å². The summed E-state index contributed by atoms with van der Waals surface area (Å²) in [6.07, 6.45) is 1.81. The number of nitrogens with zero attached hydrogens (tertiary/aromatic N) is 5. The van der Waals surface area contributed by atoms with E-state index in [4.69, 9.17) is 23.2 Å². The normalized spacial score (nSPS) is 14.7. The number of carbonyl (C=O) groups excluding carboxylic acids is 1. The molecule has 0 spiro atoms. The van der Waals surface area contributed by atoms with Gasteiger partial charge in [0.05, 0.1) is 16.1 Å². The molecule has 4 aromatic rings. The molecule has 3 heterocycles. The Hall–Kier alpha value is -3.14. The van der Waals surface area contributed by atoms with Crippen LogP contribution in [0.4, 0.5) is 16.3 Å². The smallest absolute Gasteiger partial charge is 0.328 e. The van der Waals surface area contributed by atoms with Crippen molar-refractivity contribution >= 4 is 90.2 Å². The highest BCUT2D eigenvalue weighted by Gasteiger charge is 2.43. The van der Waals surface area contributed by atoms with Crippen LogP contribution in [0.25, 0.3) is 16.7 Å². The SMILES string of the molecule is CC(C)(C)C(C(=O)O)N(c1ccc2c(c1)c(I)cn2-c1ccc(N2CCNC2=O)nn1)S(=O)(=O)c1cc(Cl)cc(Cl)c1. The van der Waals surface area contributed by atoms with Gasteiger partial charge in [-0.3, -0.25) is 13.8 Å². The first-order valence-electron chi connectivity index (χ1n) is 12.6. The molecule has 2 aromatic heterocycles. The number of fused-ring (bicyclic) bond motifs is 1. The van der Waals surface area contributed by atoms with Crippen molar-refractivity contribution in [3.8, 4) is 5.82 Å². The van der Waals surface area contributed by atoms with E-state index in [1.807, 2.05) is 6.20 Å². The molecule has 220 valence electrons. The van der Waals surface area contributed by atoms with Crippen LogP contribution < -0.4 is 14.5 Å². The van der Waals surface area contributed by atoms with E-state index in [1.54, 1.807) is 55.7 Å². The summed E-state index contributed by atoms with van der Waals surface area (Å²) >= 11 is 14.4. The summed E-state index contributed by atoms with van der Waals surface area (Å²) in [4.78, 5) is 25.9. The van der Waals surface area contributed by atoms with E-state index in [-0.39, 0.29) is 26.7 Å². The van der Waals surface area contributed by atoms with Crippen LogP contribution in [0.3, 0.4) is 0 Å².